The highest BCUT2D eigenvalue weighted by atomic mass is 16.5. The first-order valence-corrected chi connectivity index (χ1v) is 5.89. The van der Waals surface area contributed by atoms with E-state index in [9.17, 15) is 4.79 Å². The minimum Gasteiger partial charge on any atom is -0.458 e. The van der Waals surface area contributed by atoms with Crippen LogP contribution in [0.1, 0.15) is 25.6 Å². The minimum absolute atomic E-state index is 0.0188. The Bertz CT molecular complexity index is 559. The Morgan fingerprint density at radius 3 is 2.84 bits per heavy atom. The van der Waals surface area contributed by atoms with Crippen molar-refractivity contribution < 1.29 is 9.53 Å². The van der Waals surface area contributed by atoms with Crippen LogP contribution < -0.4 is 5.73 Å². The molecule has 0 saturated heterocycles. The number of hydrogen-bond donors (Lipinski definition) is 1. The number of hydrogen-bond acceptors (Lipinski definition) is 6. The molecule has 2 N–H and O–H groups in total. The van der Waals surface area contributed by atoms with E-state index in [0.717, 1.165) is 0 Å². The van der Waals surface area contributed by atoms with Gasteiger partial charge in [0.05, 0.1) is 5.69 Å². The SMILES string of the molecule is CC(C)n1ccc(COC(=O)Cn2cnc(N)n2)n1. The summed E-state index contributed by atoms with van der Waals surface area (Å²) in [5.74, 6) is -0.285. The molecule has 0 bridgehead atoms. The summed E-state index contributed by atoms with van der Waals surface area (Å²) in [5.41, 5.74) is 6.05. The first-order chi connectivity index (χ1) is 9.04. The van der Waals surface area contributed by atoms with Crippen molar-refractivity contribution in [1.29, 1.82) is 0 Å². The van der Waals surface area contributed by atoms with E-state index in [1.165, 1.54) is 11.0 Å². The molecule has 8 nitrogen and oxygen atoms in total. The lowest BCUT2D eigenvalue weighted by molar-refractivity contribution is -0.146. The van der Waals surface area contributed by atoms with Crippen LogP contribution in [0.3, 0.4) is 0 Å². The van der Waals surface area contributed by atoms with Crippen molar-refractivity contribution in [2.24, 2.45) is 0 Å². The normalized spacial score (nSPS) is 10.9. The zero-order valence-electron chi connectivity index (χ0n) is 10.9. The number of carbonyl (C=O) groups is 1. The maximum Gasteiger partial charge on any atom is 0.328 e. The molecular formula is C11H16N6O2. The van der Waals surface area contributed by atoms with E-state index in [-0.39, 0.29) is 25.1 Å². The van der Waals surface area contributed by atoms with Gasteiger partial charge in [0.1, 0.15) is 19.5 Å². The third kappa shape index (κ3) is 3.54. The molecule has 2 aromatic heterocycles. The number of nitrogens with two attached hydrogens (primary N) is 1. The lowest BCUT2D eigenvalue weighted by Gasteiger charge is -2.04. The van der Waals surface area contributed by atoms with Crippen molar-refractivity contribution in [2.45, 2.75) is 33.0 Å². The van der Waals surface area contributed by atoms with Gasteiger partial charge in [0, 0.05) is 12.2 Å². The standard InChI is InChI=1S/C11H16N6O2/c1-8(2)17-4-3-9(14-17)6-19-10(18)5-16-7-13-11(12)15-16/h3-4,7-8H,5-6H2,1-2H3,(H2,12,15). The first-order valence-electron chi connectivity index (χ1n) is 5.89. The number of carbonyl (C=O) groups excluding carboxylic acids is 1. The van der Waals surface area contributed by atoms with E-state index >= 15 is 0 Å². The Labute approximate surface area is 110 Å². The van der Waals surface area contributed by atoms with Crippen molar-refractivity contribution in [3.8, 4) is 0 Å². The third-order valence-electron chi connectivity index (χ3n) is 2.42. The maximum absolute atomic E-state index is 11.5. The molecule has 102 valence electrons. The predicted octanol–water partition coefficient (Wildman–Crippen LogP) is 0.381. The van der Waals surface area contributed by atoms with Gasteiger partial charge in [-0.05, 0) is 19.9 Å². The minimum atomic E-state index is -0.413. The zero-order valence-corrected chi connectivity index (χ0v) is 10.9. The average Bonchev–Trinajstić information content (AvgIpc) is 2.96. The van der Waals surface area contributed by atoms with Gasteiger partial charge in [-0.3, -0.25) is 9.48 Å². The highest BCUT2D eigenvalue weighted by molar-refractivity contribution is 5.69. The largest absolute Gasteiger partial charge is 0.458 e. The van der Waals surface area contributed by atoms with Crippen LogP contribution in [0.4, 0.5) is 5.95 Å². The van der Waals surface area contributed by atoms with E-state index < -0.39 is 5.97 Å². The molecule has 0 aromatic carbocycles. The highest BCUT2D eigenvalue weighted by Gasteiger charge is 2.08. The summed E-state index contributed by atoms with van der Waals surface area (Å²) in [5, 5.41) is 8.07. The maximum atomic E-state index is 11.5. The van der Waals surface area contributed by atoms with Crippen molar-refractivity contribution in [1.82, 2.24) is 24.5 Å². The van der Waals surface area contributed by atoms with Crippen LogP contribution in [-0.2, 0) is 22.7 Å². The van der Waals surface area contributed by atoms with Crippen LogP contribution in [0, 0.1) is 0 Å². The number of anilines is 1. The van der Waals surface area contributed by atoms with Gasteiger partial charge in [-0.2, -0.15) is 5.10 Å². The van der Waals surface area contributed by atoms with Crippen LogP contribution in [-0.4, -0.2) is 30.5 Å². The van der Waals surface area contributed by atoms with Crippen LogP contribution in [0.5, 0.6) is 0 Å². The molecule has 2 heterocycles. The molecule has 0 aliphatic heterocycles. The van der Waals surface area contributed by atoms with Gasteiger partial charge in [0.2, 0.25) is 5.95 Å². The second-order valence-electron chi connectivity index (χ2n) is 4.34. The Morgan fingerprint density at radius 2 is 2.26 bits per heavy atom. The number of nitrogen functional groups attached to an aromatic ring is 1. The van der Waals surface area contributed by atoms with Gasteiger partial charge in [0.15, 0.2) is 0 Å². The van der Waals surface area contributed by atoms with Crippen LogP contribution in [0.15, 0.2) is 18.6 Å². The fourth-order valence-electron chi connectivity index (χ4n) is 1.46. The third-order valence-corrected chi connectivity index (χ3v) is 2.42. The molecule has 0 fully saturated rings. The second kappa shape index (κ2) is 5.51. The quantitative estimate of drug-likeness (QED) is 0.783. The molecule has 0 amide bonds. The van der Waals surface area contributed by atoms with Crippen molar-refractivity contribution in [3.63, 3.8) is 0 Å². The van der Waals surface area contributed by atoms with Crippen LogP contribution >= 0.6 is 0 Å². The number of nitrogens with zero attached hydrogens (tertiary/aromatic N) is 5. The lowest BCUT2D eigenvalue weighted by atomic mass is 10.4. The van der Waals surface area contributed by atoms with Gasteiger partial charge >= 0.3 is 5.97 Å². The number of aromatic nitrogens is 5. The van der Waals surface area contributed by atoms with E-state index in [4.69, 9.17) is 10.5 Å². The molecule has 0 aliphatic carbocycles. The molecule has 0 saturated carbocycles. The van der Waals surface area contributed by atoms with Gasteiger partial charge in [-0.1, -0.05) is 0 Å². The number of esters is 1. The Kier molecular flexibility index (Phi) is 3.79. The molecule has 8 heteroatoms. The number of ether oxygens (including phenoxy) is 1. The van der Waals surface area contributed by atoms with Crippen LogP contribution in [0.25, 0.3) is 0 Å². The fourth-order valence-corrected chi connectivity index (χ4v) is 1.46. The topological polar surface area (TPSA) is 101 Å². The summed E-state index contributed by atoms with van der Waals surface area (Å²) in [6.45, 7) is 4.17. The summed E-state index contributed by atoms with van der Waals surface area (Å²) >= 11 is 0. The molecule has 0 atom stereocenters. The van der Waals surface area contributed by atoms with Crippen molar-refractivity contribution in [3.05, 3.63) is 24.3 Å². The summed E-state index contributed by atoms with van der Waals surface area (Å²) in [6.07, 6.45) is 3.23. The lowest BCUT2D eigenvalue weighted by Crippen LogP contribution is -2.14. The monoisotopic (exact) mass is 264 g/mol. The Morgan fingerprint density at radius 1 is 1.47 bits per heavy atom. The van der Waals surface area contributed by atoms with Crippen LogP contribution in [0.2, 0.25) is 0 Å². The summed E-state index contributed by atoms with van der Waals surface area (Å²) < 4.78 is 8.22. The number of rotatable bonds is 5. The Hall–Kier alpha value is -2.38. The Balaban J connectivity index is 1.82. The van der Waals surface area contributed by atoms with Crippen molar-refractivity contribution >= 4 is 11.9 Å². The molecule has 0 radical (unpaired) electrons. The van der Waals surface area contributed by atoms with Crippen molar-refractivity contribution in [2.75, 3.05) is 5.73 Å². The molecule has 2 aromatic rings. The summed E-state index contributed by atoms with van der Waals surface area (Å²) in [6, 6.07) is 2.10. The molecule has 0 unspecified atom stereocenters. The van der Waals surface area contributed by atoms with E-state index in [1.54, 1.807) is 4.68 Å². The molecule has 0 aliphatic rings. The van der Waals surface area contributed by atoms with Gasteiger partial charge < -0.3 is 10.5 Å². The smallest absolute Gasteiger partial charge is 0.328 e. The summed E-state index contributed by atoms with van der Waals surface area (Å²) in [7, 11) is 0. The zero-order chi connectivity index (χ0) is 13.8. The van der Waals surface area contributed by atoms with Gasteiger partial charge in [-0.25, -0.2) is 9.67 Å². The molecule has 19 heavy (non-hydrogen) atoms. The van der Waals surface area contributed by atoms with E-state index in [2.05, 4.69) is 15.2 Å². The van der Waals surface area contributed by atoms with E-state index in [0.29, 0.717) is 5.69 Å². The fraction of sp³-hybridized carbons (Fsp3) is 0.455. The summed E-state index contributed by atoms with van der Waals surface area (Å²) in [4.78, 5) is 15.3. The first kappa shape index (κ1) is 13.1. The van der Waals surface area contributed by atoms with Gasteiger partial charge in [0.25, 0.3) is 0 Å². The molecular weight excluding hydrogens is 248 g/mol. The highest BCUT2D eigenvalue weighted by Crippen LogP contribution is 2.05. The molecule has 2 rings (SSSR count). The van der Waals surface area contributed by atoms with E-state index in [1.807, 2.05) is 26.1 Å². The second-order valence-corrected chi connectivity index (χ2v) is 4.34. The predicted molar refractivity (Wildman–Crippen MR) is 66.8 cm³/mol. The van der Waals surface area contributed by atoms with Gasteiger partial charge in [-0.15, -0.1) is 5.10 Å². The average molecular weight is 264 g/mol. The molecule has 0 spiro atoms.